The van der Waals surface area contributed by atoms with Crippen LogP contribution in [-0.2, 0) is 4.74 Å². The van der Waals surface area contributed by atoms with E-state index in [4.69, 9.17) is 18.7 Å². The van der Waals surface area contributed by atoms with Gasteiger partial charge in [-0.3, -0.25) is 0 Å². The third kappa shape index (κ3) is 5.46. The van der Waals surface area contributed by atoms with Crippen molar-refractivity contribution in [2.75, 3.05) is 19.7 Å². The third-order valence-corrected chi connectivity index (χ3v) is 6.10. The number of amides is 1. The molecule has 1 saturated carbocycles. The highest BCUT2D eigenvalue weighted by molar-refractivity contribution is 5.88. The van der Waals surface area contributed by atoms with Crippen molar-refractivity contribution in [3.63, 3.8) is 0 Å². The molecule has 8 heteroatoms. The molecule has 32 heavy (non-hydrogen) atoms. The lowest BCUT2D eigenvalue weighted by Crippen LogP contribution is -2.42. The van der Waals surface area contributed by atoms with E-state index in [1.165, 1.54) is 0 Å². The molecule has 1 aliphatic heterocycles. The average molecular weight is 447 g/mol. The SMILES string of the molecule is CC(C)(C)OC(=O)N1CCC(COc2noc3cccc(O[C@H]4CCCC[C@@H]4O)c23)CC1. The molecule has 2 fully saturated rings. The van der Waals surface area contributed by atoms with Gasteiger partial charge in [0.15, 0.2) is 5.58 Å². The first-order valence-electron chi connectivity index (χ1n) is 11.6. The second kappa shape index (κ2) is 9.57. The standard InChI is InChI=1S/C24H34N2O6/c1-24(2,3)31-23(28)26-13-11-16(12-14-26)15-29-22-21-19(9-6-10-20(21)32-25-22)30-18-8-5-4-7-17(18)27/h6,9-10,16-18,27H,4-5,7-8,11-15H2,1-3H3/t17-,18-/m0/s1. The maximum absolute atomic E-state index is 12.3. The number of carbonyl (C=O) groups excluding carboxylic acids is 1. The summed E-state index contributed by atoms with van der Waals surface area (Å²) in [6.07, 6.45) is 4.40. The third-order valence-electron chi connectivity index (χ3n) is 6.10. The quantitative estimate of drug-likeness (QED) is 0.721. The van der Waals surface area contributed by atoms with Gasteiger partial charge in [-0.1, -0.05) is 12.5 Å². The minimum atomic E-state index is -0.488. The van der Waals surface area contributed by atoms with Crippen LogP contribution in [0.5, 0.6) is 11.6 Å². The first kappa shape index (κ1) is 22.7. The van der Waals surface area contributed by atoms with E-state index >= 15 is 0 Å². The second-order valence-corrected chi connectivity index (χ2v) is 9.85. The van der Waals surface area contributed by atoms with Crippen molar-refractivity contribution in [1.29, 1.82) is 0 Å². The summed E-state index contributed by atoms with van der Waals surface area (Å²) in [5.41, 5.74) is 0.112. The molecule has 1 aliphatic carbocycles. The lowest BCUT2D eigenvalue weighted by atomic mass is 9.95. The zero-order valence-electron chi connectivity index (χ0n) is 19.2. The average Bonchev–Trinajstić information content (AvgIpc) is 3.17. The minimum Gasteiger partial charge on any atom is -0.487 e. The number of aromatic nitrogens is 1. The summed E-state index contributed by atoms with van der Waals surface area (Å²) >= 11 is 0. The molecular formula is C24H34N2O6. The van der Waals surface area contributed by atoms with Crippen molar-refractivity contribution in [2.24, 2.45) is 5.92 Å². The molecule has 1 N–H and O–H groups in total. The molecule has 0 radical (unpaired) electrons. The lowest BCUT2D eigenvalue weighted by molar-refractivity contribution is 0.00758. The van der Waals surface area contributed by atoms with Crippen LogP contribution >= 0.6 is 0 Å². The molecule has 2 heterocycles. The summed E-state index contributed by atoms with van der Waals surface area (Å²) in [7, 11) is 0. The van der Waals surface area contributed by atoms with Crippen LogP contribution < -0.4 is 9.47 Å². The Morgan fingerprint density at radius 1 is 1.19 bits per heavy atom. The summed E-state index contributed by atoms with van der Waals surface area (Å²) in [6, 6.07) is 5.56. The Morgan fingerprint density at radius 2 is 1.94 bits per heavy atom. The summed E-state index contributed by atoms with van der Waals surface area (Å²) in [6.45, 7) is 7.42. The van der Waals surface area contributed by atoms with Crippen molar-refractivity contribution >= 4 is 17.1 Å². The number of benzene rings is 1. The molecule has 0 unspecified atom stereocenters. The van der Waals surface area contributed by atoms with Gasteiger partial charge in [0.25, 0.3) is 5.88 Å². The number of likely N-dealkylation sites (tertiary alicyclic amines) is 1. The van der Waals surface area contributed by atoms with Crippen molar-refractivity contribution in [3.05, 3.63) is 18.2 Å². The molecule has 8 nitrogen and oxygen atoms in total. The molecule has 2 aliphatic rings. The van der Waals surface area contributed by atoms with Gasteiger partial charge in [0.05, 0.1) is 12.7 Å². The largest absolute Gasteiger partial charge is 0.487 e. The summed E-state index contributed by atoms with van der Waals surface area (Å²) in [4.78, 5) is 14.0. The Hall–Kier alpha value is -2.48. The van der Waals surface area contributed by atoms with E-state index in [1.54, 1.807) is 4.90 Å². The Labute approximate surface area is 188 Å². The van der Waals surface area contributed by atoms with Crippen LogP contribution in [0.2, 0.25) is 0 Å². The minimum absolute atomic E-state index is 0.228. The number of hydrogen-bond acceptors (Lipinski definition) is 7. The van der Waals surface area contributed by atoms with Crippen molar-refractivity contribution < 1.29 is 28.6 Å². The summed E-state index contributed by atoms with van der Waals surface area (Å²) in [5, 5.41) is 15.1. The van der Waals surface area contributed by atoms with Gasteiger partial charge in [0.2, 0.25) is 0 Å². The number of carbonyl (C=O) groups is 1. The normalized spacial score (nSPS) is 22.7. The highest BCUT2D eigenvalue weighted by atomic mass is 16.6. The molecule has 0 spiro atoms. The molecule has 2 aromatic rings. The number of hydrogen-bond donors (Lipinski definition) is 1. The second-order valence-electron chi connectivity index (χ2n) is 9.85. The Kier molecular flexibility index (Phi) is 6.79. The van der Waals surface area contributed by atoms with Crippen molar-refractivity contribution in [2.45, 2.75) is 77.1 Å². The molecule has 4 rings (SSSR count). The van der Waals surface area contributed by atoms with Crippen LogP contribution in [0.3, 0.4) is 0 Å². The Bertz CT molecular complexity index is 913. The molecule has 1 amide bonds. The number of rotatable bonds is 5. The number of fused-ring (bicyclic) bond motifs is 1. The first-order valence-corrected chi connectivity index (χ1v) is 11.6. The van der Waals surface area contributed by atoms with Gasteiger partial charge in [0.1, 0.15) is 22.8 Å². The fourth-order valence-electron chi connectivity index (χ4n) is 4.31. The summed E-state index contributed by atoms with van der Waals surface area (Å²) in [5.74, 6) is 1.36. The highest BCUT2D eigenvalue weighted by Gasteiger charge is 2.29. The topological polar surface area (TPSA) is 94.3 Å². The molecule has 1 aromatic heterocycles. The van der Waals surface area contributed by atoms with E-state index in [0.717, 1.165) is 38.5 Å². The van der Waals surface area contributed by atoms with E-state index < -0.39 is 11.7 Å². The van der Waals surface area contributed by atoms with Gasteiger partial charge in [0, 0.05) is 13.1 Å². The monoisotopic (exact) mass is 446 g/mol. The van der Waals surface area contributed by atoms with E-state index in [-0.39, 0.29) is 12.2 Å². The molecule has 1 saturated heterocycles. The van der Waals surface area contributed by atoms with Crippen LogP contribution in [-0.4, -0.2) is 58.8 Å². The van der Waals surface area contributed by atoms with E-state index in [9.17, 15) is 9.90 Å². The van der Waals surface area contributed by atoms with Crippen molar-refractivity contribution in [1.82, 2.24) is 10.1 Å². The lowest BCUT2D eigenvalue weighted by Gasteiger charge is -2.33. The maximum atomic E-state index is 12.3. The molecular weight excluding hydrogens is 412 g/mol. The number of ether oxygens (including phenoxy) is 3. The Morgan fingerprint density at radius 3 is 2.66 bits per heavy atom. The fraction of sp³-hybridized carbons (Fsp3) is 0.667. The maximum Gasteiger partial charge on any atom is 0.410 e. The van der Waals surface area contributed by atoms with E-state index in [0.29, 0.717) is 48.2 Å². The predicted molar refractivity (Wildman–Crippen MR) is 119 cm³/mol. The van der Waals surface area contributed by atoms with Crippen LogP contribution in [0.25, 0.3) is 11.0 Å². The summed E-state index contributed by atoms with van der Waals surface area (Å²) < 4.78 is 23.1. The van der Waals surface area contributed by atoms with Crippen LogP contribution in [0, 0.1) is 5.92 Å². The number of nitrogens with zero attached hydrogens (tertiary/aromatic N) is 2. The van der Waals surface area contributed by atoms with Gasteiger partial charge in [-0.2, -0.15) is 0 Å². The fourth-order valence-corrected chi connectivity index (χ4v) is 4.31. The van der Waals surface area contributed by atoms with Gasteiger partial charge in [-0.05, 0) is 76.1 Å². The molecule has 0 bridgehead atoms. The van der Waals surface area contributed by atoms with Crippen LogP contribution in [0.15, 0.2) is 22.7 Å². The number of aliphatic hydroxyl groups is 1. The van der Waals surface area contributed by atoms with E-state index in [1.807, 2.05) is 39.0 Å². The van der Waals surface area contributed by atoms with Crippen LogP contribution in [0.4, 0.5) is 4.79 Å². The number of piperidine rings is 1. The number of aliphatic hydroxyl groups excluding tert-OH is 1. The van der Waals surface area contributed by atoms with Crippen molar-refractivity contribution in [3.8, 4) is 11.6 Å². The van der Waals surface area contributed by atoms with Crippen LogP contribution in [0.1, 0.15) is 59.3 Å². The van der Waals surface area contributed by atoms with E-state index in [2.05, 4.69) is 5.16 Å². The predicted octanol–water partition coefficient (Wildman–Crippen LogP) is 4.54. The Balaban J connectivity index is 1.36. The van der Waals surface area contributed by atoms with Gasteiger partial charge >= 0.3 is 6.09 Å². The van der Waals surface area contributed by atoms with Gasteiger partial charge < -0.3 is 28.7 Å². The molecule has 2 atom stereocenters. The highest BCUT2D eigenvalue weighted by Crippen LogP contribution is 2.36. The van der Waals surface area contributed by atoms with Gasteiger partial charge in [-0.25, -0.2) is 4.79 Å². The smallest absolute Gasteiger partial charge is 0.410 e. The van der Waals surface area contributed by atoms with Gasteiger partial charge in [-0.15, -0.1) is 0 Å². The zero-order valence-corrected chi connectivity index (χ0v) is 19.2. The first-order chi connectivity index (χ1) is 15.3. The molecule has 1 aromatic carbocycles. The zero-order chi connectivity index (χ0) is 22.7. The molecule has 176 valence electrons.